The maximum Gasteiger partial charge on any atom is 0.257 e. The fourth-order valence-corrected chi connectivity index (χ4v) is 2.13. The van der Waals surface area contributed by atoms with Crippen LogP contribution in [0.1, 0.15) is 0 Å². The summed E-state index contributed by atoms with van der Waals surface area (Å²) in [5.41, 5.74) is 1.87. The first-order chi connectivity index (χ1) is 9.06. The van der Waals surface area contributed by atoms with Gasteiger partial charge in [-0.3, -0.25) is 4.79 Å². The van der Waals surface area contributed by atoms with Crippen LogP contribution >= 0.6 is 23.2 Å². The van der Waals surface area contributed by atoms with E-state index in [1.807, 2.05) is 24.3 Å². The van der Waals surface area contributed by atoms with E-state index in [0.29, 0.717) is 5.69 Å². The van der Waals surface area contributed by atoms with Crippen LogP contribution < -0.4 is 10.2 Å². The summed E-state index contributed by atoms with van der Waals surface area (Å²) in [7, 11) is 2.13. The molecule has 1 aliphatic heterocycles. The lowest BCUT2D eigenvalue weighted by molar-refractivity contribution is -0.114. The summed E-state index contributed by atoms with van der Waals surface area (Å²) in [6.07, 6.45) is 0. The highest BCUT2D eigenvalue weighted by Crippen LogP contribution is 2.19. The highest BCUT2D eigenvalue weighted by atomic mass is 35.5. The number of nitrogens with one attached hydrogen (secondary N) is 1. The largest absolute Gasteiger partial charge is 0.369 e. The molecule has 104 valence electrons. The Bertz CT molecular complexity index is 428. The number of hydrogen-bond donors (Lipinski definition) is 1. The number of anilines is 2. The Balaban J connectivity index is 1.96. The molecule has 0 aromatic heterocycles. The molecule has 0 aliphatic carbocycles. The van der Waals surface area contributed by atoms with Gasteiger partial charge < -0.3 is 15.1 Å². The molecule has 1 aromatic rings. The smallest absolute Gasteiger partial charge is 0.257 e. The molecule has 1 aliphatic rings. The summed E-state index contributed by atoms with van der Waals surface area (Å²) in [4.78, 5) is 14.9. The van der Waals surface area contributed by atoms with Gasteiger partial charge in [-0.05, 0) is 31.3 Å². The summed E-state index contributed by atoms with van der Waals surface area (Å²) in [5, 5.41) is 2.65. The third kappa shape index (κ3) is 4.00. The Morgan fingerprint density at radius 1 is 1.16 bits per heavy atom. The second-order valence-electron chi connectivity index (χ2n) is 4.63. The molecule has 1 amide bonds. The molecule has 0 unspecified atom stereocenters. The number of carbonyl (C=O) groups excluding carboxylic acids is 1. The van der Waals surface area contributed by atoms with E-state index in [1.165, 1.54) is 5.69 Å². The number of amides is 1. The van der Waals surface area contributed by atoms with Crippen molar-refractivity contribution >= 4 is 40.5 Å². The van der Waals surface area contributed by atoms with Crippen LogP contribution in [-0.4, -0.2) is 48.9 Å². The van der Waals surface area contributed by atoms with E-state index in [9.17, 15) is 4.79 Å². The monoisotopic (exact) mass is 301 g/mol. The minimum Gasteiger partial charge on any atom is -0.369 e. The highest BCUT2D eigenvalue weighted by Gasteiger charge is 2.15. The summed E-state index contributed by atoms with van der Waals surface area (Å²) in [5.74, 6) is -0.407. The maximum atomic E-state index is 11.3. The summed E-state index contributed by atoms with van der Waals surface area (Å²) in [6, 6.07) is 7.72. The first-order valence-corrected chi connectivity index (χ1v) is 7.06. The van der Waals surface area contributed by atoms with E-state index in [2.05, 4.69) is 22.2 Å². The average Bonchev–Trinajstić information content (AvgIpc) is 2.40. The van der Waals surface area contributed by atoms with Gasteiger partial charge >= 0.3 is 0 Å². The topological polar surface area (TPSA) is 35.6 Å². The number of alkyl halides is 2. The summed E-state index contributed by atoms with van der Waals surface area (Å²) < 4.78 is 0. The van der Waals surface area contributed by atoms with Gasteiger partial charge in [-0.1, -0.05) is 23.2 Å². The van der Waals surface area contributed by atoms with Crippen LogP contribution in [0.15, 0.2) is 24.3 Å². The lowest BCUT2D eigenvalue weighted by atomic mass is 10.2. The van der Waals surface area contributed by atoms with Crippen molar-refractivity contribution < 1.29 is 4.79 Å². The molecule has 0 bridgehead atoms. The molecule has 0 radical (unpaired) electrons. The molecule has 1 aromatic carbocycles. The zero-order valence-electron chi connectivity index (χ0n) is 10.8. The van der Waals surface area contributed by atoms with Crippen molar-refractivity contribution in [2.45, 2.75) is 4.84 Å². The molecule has 0 atom stereocenters. The predicted molar refractivity (Wildman–Crippen MR) is 80.3 cm³/mol. The summed E-state index contributed by atoms with van der Waals surface area (Å²) >= 11 is 11.0. The van der Waals surface area contributed by atoms with Crippen molar-refractivity contribution in [2.24, 2.45) is 0 Å². The molecule has 6 heteroatoms. The van der Waals surface area contributed by atoms with Crippen molar-refractivity contribution in [2.75, 3.05) is 43.4 Å². The van der Waals surface area contributed by atoms with Crippen molar-refractivity contribution in [3.63, 3.8) is 0 Å². The molecule has 0 spiro atoms. The van der Waals surface area contributed by atoms with Crippen molar-refractivity contribution in [1.29, 1.82) is 0 Å². The first kappa shape index (κ1) is 14.4. The minimum atomic E-state index is -1.04. The van der Waals surface area contributed by atoms with Crippen LogP contribution in [0.25, 0.3) is 0 Å². The molecule has 0 saturated carbocycles. The average molecular weight is 302 g/mol. The molecule has 19 heavy (non-hydrogen) atoms. The standard InChI is InChI=1S/C13H17Cl2N3O/c1-17-6-8-18(9-7-17)11-4-2-10(3-5-11)16-13(19)12(14)15/h2-5,12H,6-9H2,1H3,(H,16,19). The first-order valence-electron chi connectivity index (χ1n) is 6.19. The molecule has 1 heterocycles. The summed E-state index contributed by atoms with van der Waals surface area (Å²) in [6.45, 7) is 4.18. The predicted octanol–water partition coefficient (Wildman–Crippen LogP) is 2.18. The minimum absolute atomic E-state index is 0.407. The van der Waals surface area contributed by atoms with Crippen molar-refractivity contribution in [3.8, 4) is 0 Å². The van der Waals surface area contributed by atoms with E-state index >= 15 is 0 Å². The van der Waals surface area contributed by atoms with Gasteiger partial charge in [0.15, 0.2) is 4.84 Å². The Morgan fingerprint density at radius 3 is 2.26 bits per heavy atom. The van der Waals surface area contributed by atoms with Crippen LogP contribution in [0.2, 0.25) is 0 Å². The van der Waals surface area contributed by atoms with Crippen LogP contribution in [0.3, 0.4) is 0 Å². The second kappa shape index (κ2) is 6.46. The zero-order chi connectivity index (χ0) is 13.8. The quantitative estimate of drug-likeness (QED) is 0.869. The Kier molecular flexibility index (Phi) is 4.91. The second-order valence-corrected chi connectivity index (χ2v) is 5.72. The van der Waals surface area contributed by atoms with Gasteiger partial charge in [-0.25, -0.2) is 0 Å². The fourth-order valence-electron chi connectivity index (χ4n) is 2.02. The fraction of sp³-hybridized carbons (Fsp3) is 0.462. The molecule has 1 fully saturated rings. The third-order valence-corrected chi connectivity index (χ3v) is 3.60. The Labute approximate surface area is 123 Å². The highest BCUT2D eigenvalue weighted by molar-refractivity contribution is 6.54. The maximum absolute atomic E-state index is 11.3. The number of halogens is 2. The van der Waals surface area contributed by atoms with Gasteiger partial charge in [0.1, 0.15) is 0 Å². The Morgan fingerprint density at radius 2 is 1.74 bits per heavy atom. The van der Waals surface area contributed by atoms with Gasteiger partial charge in [0.25, 0.3) is 5.91 Å². The Hall–Kier alpha value is -0.970. The van der Waals surface area contributed by atoms with E-state index in [0.717, 1.165) is 26.2 Å². The lowest BCUT2D eigenvalue weighted by Gasteiger charge is -2.34. The molecule has 1 N–H and O–H groups in total. The molecule has 1 saturated heterocycles. The lowest BCUT2D eigenvalue weighted by Crippen LogP contribution is -2.44. The van der Waals surface area contributed by atoms with Gasteiger partial charge in [0, 0.05) is 37.6 Å². The number of piperazine rings is 1. The van der Waals surface area contributed by atoms with Crippen molar-refractivity contribution in [3.05, 3.63) is 24.3 Å². The van der Waals surface area contributed by atoms with E-state index < -0.39 is 10.7 Å². The number of hydrogen-bond acceptors (Lipinski definition) is 3. The van der Waals surface area contributed by atoms with E-state index in [1.54, 1.807) is 0 Å². The van der Waals surface area contributed by atoms with Crippen LogP contribution in [0.5, 0.6) is 0 Å². The molecular weight excluding hydrogens is 285 g/mol. The number of nitrogens with zero attached hydrogens (tertiary/aromatic N) is 2. The van der Waals surface area contributed by atoms with Gasteiger partial charge in [0.2, 0.25) is 0 Å². The normalized spacial score (nSPS) is 16.7. The number of carbonyl (C=O) groups is 1. The van der Waals surface area contributed by atoms with Crippen molar-refractivity contribution in [1.82, 2.24) is 4.90 Å². The number of likely N-dealkylation sites (N-methyl/N-ethyl adjacent to an activating group) is 1. The van der Waals surface area contributed by atoms with Crippen LogP contribution in [0.4, 0.5) is 11.4 Å². The number of benzene rings is 1. The molecule has 2 rings (SSSR count). The number of rotatable bonds is 3. The zero-order valence-corrected chi connectivity index (χ0v) is 12.3. The van der Waals surface area contributed by atoms with Gasteiger partial charge in [0.05, 0.1) is 0 Å². The van der Waals surface area contributed by atoms with E-state index in [-0.39, 0.29) is 0 Å². The van der Waals surface area contributed by atoms with E-state index in [4.69, 9.17) is 23.2 Å². The van der Waals surface area contributed by atoms with Gasteiger partial charge in [-0.15, -0.1) is 0 Å². The van der Waals surface area contributed by atoms with Gasteiger partial charge in [-0.2, -0.15) is 0 Å². The molecule has 4 nitrogen and oxygen atoms in total. The van der Waals surface area contributed by atoms with Crippen LogP contribution in [-0.2, 0) is 4.79 Å². The third-order valence-electron chi connectivity index (χ3n) is 3.20. The SMILES string of the molecule is CN1CCN(c2ccc(NC(=O)C(Cl)Cl)cc2)CC1. The van der Waals surface area contributed by atoms with Crippen LogP contribution in [0, 0.1) is 0 Å². The molecular formula is C13H17Cl2N3O.